The molecule has 1 aromatic carbocycles. The normalized spacial score (nSPS) is 10.9. The van der Waals surface area contributed by atoms with Gasteiger partial charge in [0.1, 0.15) is 6.33 Å². The third-order valence-electron chi connectivity index (χ3n) is 2.66. The molecule has 0 aliphatic heterocycles. The van der Waals surface area contributed by atoms with Crippen LogP contribution in [0.5, 0.6) is 0 Å². The van der Waals surface area contributed by atoms with Crippen LogP contribution in [0.3, 0.4) is 0 Å². The SMILES string of the molecule is Cc1ccc2nc(NC(=O)CSc3nncn3N)sc2c1. The van der Waals surface area contributed by atoms with Crippen LogP contribution in [0.4, 0.5) is 5.13 Å². The first kappa shape index (κ1) is 13.8. The predicted octanol–water partition coefficient (Wildman–Crippen LogP) is 1.64. The summed E-state index contributed by atoms with van der Waals surface area (Å²) < 4.78 is 2.33. The number of thiazole rings is 1. The Bertz CT molecular complexity index is 796. The maximum absolute atomic E-state index is 11.9. The Morgan fingerprint density at radius 2 is 2.38 bits per heavy atom. The average Bonchev–Trinajstić information content (AvgIpc) is 3.01. The molecule has 21 heavy (non-hydrogen) atoms. The molecule has 2 heterocycles. The number of thioether (sulfide) groups is 1. The molecule has 0 unspecified atom stereocenters. The Kier molecular flexibility index (Phi) is 3.76. The second kappa shape index (κ2) is 5.70. The molecule has 3 aromatic rings. The van der Waals surface area contributed by atoms with E-state index in [2.05, 4.69) is 20.5 Å². The average molecular weight is 320 g/mol. The fourth-order valence-electron chi connectivity index (χ4n) is 1.71. The number of carbonyl (C=O) groups is 1. The van der Waals surface area contributed by atoms with E-state index in [-0.39, 0.29) is 11.7 Å². The van der Waals surface area contributed by atoms with Gasteiger partial charge in [0.15, 0.2) is 5.13 Å². The highest BCUT2D eigenvalue weighted by Gasteiger charge is 2.10. The van der Waals surface area contributed by atoms with Gasteiger partial charge in [-0.25, -0.2) is 9.66 Å². The Labute approximate surface area is 128 Å². The molecule has 0 saturated carbocycles. The molecule has 1 amide bonds. The molecule has 0 atom stereocenters. The summed E-state index contributed by atoms with van der Waals surface area (Å²) in [6, 6.07) is 5.99. The first-order valence-electron chi connectivity index (χ1n) is 6.07. The molecule has 3 rings (SSSR count). The zero-order valence-electron chi connectivity index (χ0n) is 11.1. The molecule has 108 valence electrons. The lowest BCUT2D eigenvalue weighted by Crippen LogP contribution is -2.15. The molecule has 0 fully saturated rings. The highest BCUT2D eigenvalue weighted by molar-refractivity contribution is 7.99. The van der Waals surface area contributed by atoms with Crippen molar-refractivity contribution in [2.24, 2.45) is 0 Å². The van der Waals surface area contributed by atoms with Crippen molar-refractivity contribution in [3.8, 4) is 0 Å². The number of nitrogens with zero attached hydrogens (tertiary/aromatic N) is 4. The second-order valence-corrected chi connectivity index (χ2v) is 6.32. The Morgan fingerprint density at radius 3 is 3.14 bits per heavy atom. The minimum atomic E-state index is -0.154. The molecular weight excluding hydrogens is 308 g/mol. The van der Waals surface area contributed by atoms with E-state index in [9.17, 15) is 4.79 Å². The van der Waals surface area contributed by atoms with Crippen LogP contribution < -0.4 is 11.2 Å². The van der Waals surface area contributed by atoms with Crippen molar-refractivity contribution >= 4 is 44.4 Å². The number of hydrogen-bond donors (Lipinski definition) is 2. The minimum Gasteiger partial charge on any atom is -0.336 e. The number of nitrogens with one attached hydrogen (secondary N) is 1. The van der Waals surface area contributed by atoms with Gasteiger partial charge in [-0.1, -0.05) is 29.2 Å². The van der Waals surface area contributed by atoms with Crippen molar-refractivity contribution < 1.29 is 4.79 Å². The van der Waals surface area contributed by atoms with Crippen LogP contribution in [-0.4, -0.2) is 31.5 Å². The van der Waals surface area contributed by atoms with Crippen LogP contribution in [0.15, 0.2) is 29.7 Å². The molecule has 0 bridgehead atoms. The standard InChI is InChI=1S/C12H12N6OS2/c1-7-2-3-8-9(4-7)21-11(15-8)16-10(19)5-20-12-17-14-6-18(12)13/h2-4,6H,5,13H2,1H3,(H,15,16,19). The summed E-state index contributed by atoms with van der Waals surface area (Å²) >= 11 is 2.68. The molecule has 0 radical (unpaired) electrons. The van der Waals surface area contributed by atoms with Crippen LogP contribution in [0.2, 0.25) is 0 Å². The van der Waals surface area contributed by atoms with Gasteiger partial charge in [-0.3, -0.25) is 4.79 Å². The van der Waals surface area contributed by atoms with Crippen LogP contribution >= 0.6 is 23.1 Å². The van der Waals surface area contributed by atoms with Gasteiger partial charge in [-0.05, 0) is 24.6 Å². The molecule has 2 aromatic heterocycles. The fourth-order valence-corrected chi connectivity index (χ4v) is 3.32. The first-order valence-corrected chi connectivity index (χ1v) is 7.87. The van der Waals surface area contributed by atoms with Crippen molar-refractivity contribution in [3.63, 3.8) is 0 Å². The van der Waals surface area contributed by atoms with Crippen LogP contribution in [0, 0.1) is 6.92 Å². The number of carbonyl (C=O) groups excluding carboxylic acids is 1. The number of aromatic nitrogens is 4. The van der Waals surface area contributed by atoms with E-state index in [1.807, 2.05) is 25.1 Å². The Balaban J connectivity index is 1.64. The zero-order valence-corrected chi connectivity index (χ0v) is 12.7. The summed E-state index contributed by atoms with van der Waals surface area (Å²) in [4.78, 5) is 16.3. The minimum absolute atomic E-state index is 0.154. The zero-order chi connectivity index (χ0) is 14.8. The smallest absolute Gasteiger partial charge is 0.236 e. The van der Waals surface area contributed by atoms with Crippen molar-refractivity contribution in [1.82, 2.24) is 19.9 Å². The lowest BCUT2D eigenvalue weighted by molar-refractivity contribution is -0.113. The number of nitrogens with two attached hydrogens (primary N) is 1. The monoisotopic (exact) mass is 320 g/mol. The van der Waals surface area contributed by atoms with E-state index >= 15 is 0 Å². The summed E-state index contributed by atoms with van der Waals surface area (Å²) in [6.45, 7) is 2.02. The van der Waals surface area contributed by atoms with Crippen molar-refractivity contribution in [1.29, 1.82) is 0 Å². The van der Waals surface area contributed by atoms with Crippen molar-refractivity contribution in [2.75, 3.05) is 16.9 Å². The highest BCUT2D eigenvalue weighted by atomic mass is 32.2. The van der Waals surface area contributed by atoms with E-state index < -0.39 is 0 Å². The van der Waals surface area contributed by atoms with E-state index in [4.69, 9.17) is 5.84 Å². The molecule has 9 heteroatoms. The molecule has 3 N–H and O–H groups in total. The van der Waals surface area contributed by atoms with Crippen LogP contribution in [0.1, 0.15) is 5.56 Å². The summed E-state index contributed by atoms with van der Waals surface area (Å²) in [7, 11) is 0. The number of anilines is 1. The highest BCUT2D eigenvalue weighted by Crippen LogP contribution is 2.26. The van der Waals surface area contributed by atoms with Gasteiger partial charge in [0.25, 0.3) is 0 Å². The molecule has 0 spiro atoms. The van der Waals surface area contributed by atoms with Gasteiger partial charge in [-0.2, -0.15) is 0 Å². The molecule has 7 nitrogen and oxygen atoms in total. The number of rotatable bonds is 4. The quantitative estimate of drug-likeness (QED) is 0.560. The predicted molar refractivity (Wildman–Crippen MR) is 83.9 cm³/mol. The number of hydrogen-bond acceptors (Lipinski definition) is 7. The molecule has 0 aliphatic carbocycles. The van der Waals surface area contributed by atoms with E-state index in [0.29, 0.717) is 10.3 Å². The summed E-state index contributed by atoms with van der Waals surface area (Å²) in [5.41, 5.74) is 2.05. The lowest BCUT2D eigenvalue weighted by Gasteiger charge is -2.00. The van der Waals surface area contributed by atoms with Crippen LogP contribution in [-0.2, 0) is 4.79 Å². The first-order chi connectivity index (χ1) is 10.1. The third-order valence-corrected chi connectivity index (χ3v) is 4.55. The third kappa shape index (κ3) is 3.14. The van der Waals surface area contributed by atoms with E-state index in [1.54, 1.807) is 0 Å². The maximum Gasteiger partial charge on any atom is 0.236 e. The van der Waals surface area contributed by atoms with Crippen molar-refractivity contribution in [2.45, 2.75) is 12.1 Å². The molecule has 0 aliphatic rings. The second-order valence-electron chi connectivity index (χ2n) is 4.35. The van der Waals surface area contributed by atoms with Gasteiger partial charge in [-0.15, -0.1) is 10.2 Å². The molecule has 0 saturated heterocycles. The Morgan fingerprint density at radius 1 is 1.52 bits per heavy atom. The number of aryl methyl sites for hydroxylation is 1. The van der Waals surface area contributed by atoms with Gasteiger partial charge < -0.3 is 11.2 Å². The van der Waals surface area contributed by atoms with Gasteiger partial charge in [0, 0.05) is 0 Å². The topological polar surface area (TPSA) is 98.7 Å². The molecular formula is C12H12N6OS2. The maximum atomic E-state index is 11.9. The largest absolute Gasteiger partial charge is 0.336 e. The lowest BCUT2D eigenvalue weighted by atomic mass is 10.2. The van der Waals surface area contributed by atoms with E-state index in [0.717, 1.165) is 10.2 Å². The van der Waals surface area contributed by atoms with Gasteiger partial charge in [0.2, 0.25) is 11.1 Å². The van der Waals surface area contributed by atoms with Gasteiger partial charge in [0.05, 0.1) is 16.0 Å². The van der Waals surface area contributed by atoms with Crippen LogP contribution in [0.25, 0.3) is 10.2 Å². The Hall–Kier alpha value is -2.13. The van der Waals surface area contributed by atoms with Gasteiger partial charge >= 0.3 is 0 Å². The number of amides is 1. The number of benzene rings is 1. The summed E-state index contributed by atoms with van der Waals surface area (Å²) in [5.74, 6) is 5.62. The fraction of sp³-hybridized carbons (Fsp3) is 0.167. The summed E-state index contributed by atoms with van der Waals surface area (Å²) in [5, 5.41) is 11.3. The van der Waals surface area contributed by atoms with E-state index in [1.165, 1.54) is 39.7 Å². The number of fused-ring (bicyclic) bond motifs is 1. The summed E-state index contributed by atoms with van der Waals surface area (Å²) in [6.07, 6.45) is 1.39. The number of nitrogen functional groups attached to an aromatic ring is 1. The van der Waals surface area contributed by atoms with Crippen molar-refractivity contribution in [3.05, 3.63) is 30.1 Å².